The lowest BCUT2D eigenvalue weighted by atomic mass is 9.74. The summed E-state index contributed by atoms with van der Waals surface area (Å²) in [5.74, 6) is 0. The van der Waals surface area contributed by atoms with Gasteiger partial charge in [0.1, 0.15) is 0 Å². The molecule has 2 saturated heterocycles. The number of hydrogen-bond donors (Lipinski definition) is 0. The summed E-state index contributed by atoms with van der Waals surface area (Å²) < 4.78 is 7.95. The molecule has 0 bridgehead atoms. The van der Waals surface area contributed by atoms with E-state index < -0.39 is 0 Å². The average Bonchev–Trinajstić information content (AvgIpc) is 2.85. The monoisotopic (exact) mass is 298 g/mol. The number of nitrogens with zero attached hydrogens (tertiary/aromatic N) is 2. The van der Waals surface area contributed by atoms with Crippen molar-refractivity contribution in [3.8, 4) is 0 Å². The molecule has 0 amide bonds. The molecule has 0 atom stereocenters. The van der Waals surface area contributed by atoms with Gasteiger partial charge in [0, 0.05) is 44.6 Å². The maximum absolute atomic E-state index is 5.59. The summed E-state index contributed by atoms with van der Waals surface area (Å²) in [4.78, 5) is 2.67. The highest BCUT2D eigenvalue weighted by atomic mass is 16.5. The lowest BCUT2D eigenvalue weighted by molar-refractivity contribution is -0.0294. The molecule has 1 aromatic carbocycles. The molecule has 2 aromatic rings. The normalized spacial score (nSPS) is 22.4. The van der Waals surface area contributed by atoms with Crippen molar-refractivity contribution in [1.29, 1.82) is 0 Å². The molecule has 0 radical (unpaired) electrons. The van der Waals surface area contributed by atoms with Gasteiger partial charge in [0.15, 0.2) is 0 Å². The van der Waals surface area contributed by atoms with E-state index in [1.165, 1.54) is 55.4 Å². The van der Waals surface area contributed by atoms with Gasteiger partial charge in [0.25, 0.3) is 0 Å². The second-order valence-corrected chi connectivity index (χ2v) is 7.18. The van der Waals surface area contributed by atoms with Crippen molar-refractivity contribution in [3.63, 3.8) is 0 Å². The van der Waals surface area contributed by atoms with E-state index in [-0.39, 0.29) is 0 Å². The molecular weight excluding hydrogens is 272 g/mol. The van der Waals surface area contributed by atoms with Gasteiger partial charge >= 0.3 is 0 Å². The molecule has 1 spiro atoms. The Balaban J connectivity index is 1.53. The SMILES string of the molecule is Cn1c(CN2CCCC3(CCOCC3)C2)cc2ccccc21. The first-order chi connectivity index (χ1) is 10.8. The zero-order valence-corrected chi connectivity index (χ0v) is 13.6. The number of likely N-dealkylation sites (tertiary alicyclic amines) is 1. The number of rotatable bonds is 2. The van der Waals surface area contributed by atoms with Gasteiger partial charge in [-0.1, -0.05) is 18.2 Å². The quantitative estimate of drug-likeness (QED) is 0.843. The molecule has 0 N–H and O–H groups in total. The molecule has 22 heavy (non-hydrogen) atoms. The predicted molar refractivity (Wildman–Crippen MR) is 89.9 cm³/mol. The van der Waals surface area contributed by atoms with E-state index in [0.29, 0.717) is 5.41 Å². The summed E-state index contributed by atoms with van der Waals surface area (Å²) in [6.45, 7) is 5.49. The van der Waals surface area contributed by atoms with Gasteiger partial charge in [-0.05, 0) is 55.2 Å². The van der Waals surface area contributed by atoms with Crippen LogP contribution in [-0.4, -0.2) is 35.8 Å². The van der Waals surface area contributed by atoms with Crippen LogP contribution in [0.5, 0.6) is 0 Å². The molecule has 3 heterocycles. The summed E-state index contributed by atoms with van der Waals surface area (Å²) in [5, 5.41) is 1.36. The number of benzene rings is 1. The highest BCUT2D eigenvalue weighted by Crippen LogP contribution is 2.39. The fourth-order valence-electron chi connectivity index (χ4n) is 4.38. The van der Waals surface area contributed by atoms with Crippen molar-refractivity contribution in [2.24, 2.45) is 12.5 Å². The maximum Gasteiger partial charge on any atom is 0.0480 e. The van der Waals surface area contributed by atoms with Gasteiger partial charge in [-0.2, -0.15) is 0 Å². The Morgan fingerprint density at radius 2 is 1.95 bits per heavy atom. The third-order valence-electron chi connectivity index (χ3n) is 5.73. The number of aromatic nitrogens is 1. The van der Waals surface area contributed by atoms with Crippen LogP contribution in [0, 0.1) is 5.41 Å². The second kappa shape index (κ2) is 5.71. The summed E-state index contributed by atoms with van der Waals surface area (Å²) in [5.41, 5.74) is 3.31. The number of fused-ring (bicyclic) bond motifs is 1. The number of para-hydroxylation sites is 1. The van der Waals surface area contributed by atoms with Crippen LogP contribution in [0.1, 0.15) is 31.4 Å². The summed E-state index contributed by atoms with van der Waals surface area (Å²) in [6.07, 6.45) is 5.23. The molecule has 2 fully saturated rings. The minimum atomic E-state index is 0.529. The van der Waals surface area contributed by atoms with Crippen molar-refractivity contribution in [2.75, 3.05) is 26.3 Å². The average molecular weight is 298 g/mol. The molecular formula is C19H26N2O. The van der Waals surface area contributed by atoms with E-state index in [1.807, 2.05) is 0 Å². The number of ether oxygens (including phenoxy) is 1. The van der Waals surface area contributed by atoms with E-state index in [2.05, 4.69) is 46.8 Å². The Kier molecular flexibility index (Phi) is 3.71. The van der Waals surface area contributed by atoms with E-state index in [9.17, 15) is 0 Å². The van der Waals surface area contributed by atoms with Crippen LogP contribution < -0.4 is 0 Å². The van der Waals surface area contributed by atoms with Gasteiger partial charge in [0.05, 0.1) is 0 Å². The first kappa shape index (κ1) is 14.3. The summed E-state index contributed by atoms with van der Waals surface area (Å²) in [6, 6.07) is 11.1. The Labute approximate surface area is 132 Å². The highest BCUT2D eigenvalue weighted by molar-refractivity contribution is 5.81. The van der Waals surface area contributed by atoms with E-state index in [1.54, 1.807) is 0 Å². The third kappa shape index (κ3) is 2.57. The predicted octanol–water partition coefficient (Wildman–Crippen LogP) is 3.57. The van der Waals surface area contributed by atoms with Crippen molar-refractivity contribution in [2.45, 2.75) is 32.2 Å². The molecule has 0 unspecified atom stereocenters. The van der Waals surface area contributed by atoms with Gasteiger partial charge < -0.3 is 9.30 Å². The standard InChI is InChI=1S/C19H26N2O/c1-20-17(13-16-5-2-3-6-18(16)20)14-21-10-4-7-19(15-21)8-11-22-12-9-19/h2-3,5-6,13H,4,7-12,14-15H2,1H3. The minimum Gasteiger partial charge on any atom is -0.381 e. The summed E-state index contributed by atoms with van der Waals surface area (Å²) >= 11 is 0. The minimum absolute atomic E-state index is 0.529. The molecule has 1 aromatic heterocycles. The first-order valence-electron chi connectivity index (χ1n) is 8.59. The van der Waals surface area contributed by atoms with Crippen LogP contribution in [0.3, 0.4) is 0 Å². The fraction of sp³-hybridized carbons (Fsp3) is 0.579. The lowest BCUT2D eigenvalue weighted by Crippen LogP contribution is -2.45. The Hall–Kier alpha value is -1.32. The van der Waals surface area contributed by atoms with E-state index in [4.69, 9.17) is 4.74 Å². The molecule has 118 valence electrons. The van der Waals surface area contributed by atoms with Crippen LogP contribution in [0.2, 0.25) is 0 Å². The topological polar surface area (TPSA) is 17.4 Å². The van der Waals surface area contributed by atoms with Crippen molar-refractivity contribution in [1.82, 2.24) is 9.47 Å². The molecule has 4 rings (SSSR count). The van der Waals surface area contributed by atoms with Crippen molar-refractivity contribution >= 4 is 10.9 Å². The zero-order chi connectivity index (χ0) is 15.0. The zero-order valence-electron chi connectivity index (χ0n) is 13.6. The van der Waals surface area contributed by atoms with Crippen molar-refractivity contribution < 1.29 is 4.74 Å². The fourth-order valence-corrected chi connectivity index (χ4v) is 4.38. The molecule has 3 nitrogen and oxygen atoms in total. The Morgan fingerprint density at radius 3 is 2.77 bits per heavy atom. The number of piperidine rings is 1. The number of hydrogen-bond acceptors (Lipinski definition) is 2. The van der Waals surface area contributed by atoms with Crippen LogP contribution in [0.4, 0.5) is 0 Å². The van der Waals surface area contributed by atoms with E-state index >= 15 is 0 Å². The third-order valence-corrected chi connectivity index (χ3v) is 5.73. The van der Waals surface area contributed by atoms with Gasteiger partial charge in [-0.15, -0.1) is 0 Å². The molecule has 2 aliphatic heterocycles. The molecule has 0 aliphatic carbocycles. The maximum atomic E-state index is 5.59. The smallest absolute Gasteiger partial charge is 0.0480 e. The second-order valence-electron chi connectivity index (χ2n) is 7.18. The van der Waals surface area contributed by atoms with Gasteiger partial charge in [0.2, 0.25) is 0 Å². The number of aryl methyl sites for hydroxylation is 1. The van der Waals surface area contributed by atoms with Gasteiger partial charge in [-0.3, -0.25) is 4.90 Å². The van der Waals surface area contributed by atoms with Crippen LogP contribution in [0.25, 0.3) is 10.9 Å². The van der Waals surface area contributed by atoms with Crippen LogP contribution in [-0.2, 0) is 18.3 Å². The van der Waals surface area contributed by atoms with E-state index in [0.717, 1.165) is 19.8 Å². The molecule has 0 saturated carbocycles. The van der Waals surface area contributed by atoms with Gasteiger partial charge in [-0.25, -0.2) is 0 Å². The summed E-state index contributed by atoms with van der Waals surface area (Å²) in [7, 11) is 2.20. The largest absolute Gasteiger partial charge is 0.381 e. The first-order valence-corrected chi connectivity index (χ1v) is 8.59. The molecule has 3 heteroatoms. The van der Waals surface area contributed by atoms with Crippen molar-refractivity contribution in [3.05, 3.63) is 36.0 Å². The highest BCUT2D eigenvalue weighted by Gasteiger charge is 2.36. The van der Waals surface area contributed by atoms with Crippen LogP contribution in [0.15, 0.2) is 30.3 Å². The Bertz CT molecular complexity index is 649. The lowest BCUT2D eigenvalue weighted by Gasteiger charge is -2.45. The molecule has 2 aliphatic rings. The Morgan fingerprint density at radius 1 is 1.14 bits per heavy atom. The van der Waals surface area contributed by atoms with Crippen LogP contribution >= 0.6 is 0 Å².